The van der Waals surface area contributed by atoms with E-state index >= 15 is 0 Å². The van der Waals surface area contributed by atoms with Crippen LogP contribution in [0.1, 0.15) is 11.1 Å². The zero-order chi connectivity index (χ0) is 26.0. The predicted octanol–water partition coefficient (Wildman–Crippen LogP) is 7.91. The van der Waals surface area contributed by atoms with Crippen LogP contribution >= 0.6 is 0 Å². The van der Waals surface area contributed by atoms with Gasteiger partial charge < -0.3 is 20.0 Å². The average Bonchev–Trinajstić information content (AvgIpc) is 2.95. The molecule has 5 aromatic rings. The molecule has 5 rings (SSSR count). The largest absolute Gasteiger partial charge is 0.574 e. The summed E-state index contributed by atoms with van der Waals surface area (Å²) in [6, 6.07) is 35.4. The minimum atomic E-state index is -0.0172. The number of nitrogens with zero attached hydrogens (tertiary/aromatic N) is 7. The van der Waals surface area contributed by atoms with Crippen molar-refractivity contribution in [3.8, 4) is 23.5 Å². The maximum Gasteiger partial charge on any atom is 0.330 e. The summed E-state index contributed by atoms with van der Waals surface area (Å²) in [5.74, 6) is 1.37. The van der Waals surface area contributed by atoms with Crippen molar-refractivity contribution in [1.82, 2.24) is 15.0 Å². The van der Waals surface area contributed by atoms with Gasteiger partial charge in [0.05, 0.1) is 0 Å². The van der Waals surface area contributed by atoms with Crippen LogP contribution in [0.4, 0.5) is 11.6 Å². The summed E-state index contributed by atoms with van der Waals surface area (Å²) in [4.78, 5) is 12.9. The van der Waals surface area contributed by atoms with E-state index in [0.29, 0.717) is 17.2 Å². The molecule has 9 nitrogen and oxygen atoms in total. The van der Waals surface area contributed by atoms with E-state index in [2.05, 4.69) is 35.7 Å². The second-order valence-corrected chi connectivity index (χ2v) is 7.96. The summed E-state index contributed by atoms with van der Waals surface area (Å²) in [7, 11) is 0. The molecule has 0 radical (unpaired) electrons. The Morgan fingerprint density at radius 1 is 0.641 bits per heavy atom. The number of hydrogen-bond acceptors (Lipinski definition) is 7. The monoisotopic (exact) mass is 558 g/mol. The molecule has 1 aromatic heterocycles. The van der Waals surface area contributed by atoms with Gasteiger partial charge in [-0.3, -0.25) is 0 Å². The molecule has 0 aliphatic heterocycles. The second-order valence-electron chi connectivity index (χ2n) is 7.96. The molecule has 0 N–H and O–H groups in total. The molecule has 1 heterocycles. The second kappa shape index (κ2) is 13.6. The zero-order valence-electron chi connectivity index (χ0n) is 20.7. The SMILES string of the molecule is Cc1ccc(/C(N=Nc2nc(Oc3ccccc3)nc(Oc3ccccc3)n2)=N/[N-]c2ccccc2)cc1.[Ni]. The molecule has 0 aliphatic carbocycles. The van der Waals surface area contributed by atoms with E-state index in [1.807, 2.05) is 97.9 Å². The summed E-state index contributed by atoms with van der Waals surface area (Å²) >= 11 is 0. The molecule has 10 heteroatoms. The number of hydrogen-bond donors (Lipinski definition) is 0. The molecule has 0 amide bonds. The smallest absolute Gasteiger partial charge is 0.330 e. The van der Waals surface area contributed by atoms with Gasteiger partial charge in [-0.05, 0) is 31.2 Å². The van der Waals surface area contributed by atoms with Crippen molar-refractivity contribution < 1.29 is 26.0 Å². The van der Waals surface area contributed by atoms with Crippen LogP contribution < -0.4 is 9.47 Å². The third kappa shape index (κ3) is 8.02. The van der Waals surface area contributed by atoms with E-state index in [9.17, 15) is 0 Å². The Labute approximate surface area is 235 Å². The number of amidine groups is 1. The summed E-state index contributed by atoms with van der Waals surface area (Å²) in [5, 5.41) is 12.9. The topological polar surface area (TPSA) is 108 Å². The van der Waals surface area contributed by atoms with Crippen LogP contribution in [0.2, 0.25) is 0 Å². The molecule has 4 aromatic carbocycles. The van der Waals surface area contributed by atoms with Crippen LogP contribution in [0.3, 0.4) is 0 Å². The summed E-state index contributed by atoms with van der Waals surface area (Å²) < 4.78 is 11.6. The van der Waals surface area contributed by atoms with Crippen LogP contribution in [-0.2, 0) is 16.5 Å². The van der Waals surface area contributed by atoms with Crippen molar-refractivity contribution in [2.24, 2.45) is 15.3 Å². The molecule has 0 saturated heterocycles. The van der Waals surface area contributed by atoms with Crippen LogP contribution in [0, 0.1) is 6.92 Å². The fourth-order valence-corrected chi connectivity index (χ4v) is 3.18. The third-order valence-corrected chi connectivity index (χ3v) is 5.05. The average molecular weight is 559 g/mol. The molecule has 0 spiro atoms. The molecule has 0 aliphatic rings. The Balaban J connectivity index is 0.00000353. The first-order chi connectivity index (χ1) is 18.7. The van der Waals surface area contributed by atoms with Crippen molar-refractivity contribution in [3.05, 3.63) is 132 Å². The van der Waals surface area contributed by atoms with Gasteiger partial charge in [-0.15, -0.1) is 20.9 Å². The fraction of sp³-hybridized carbons (Fsp3) is 0.0345. The number of aryl methyl sites for hydroxylation is 1. The minimum Gasteiger partial charge on any atom is -0.574 e. The summed E-state index contributed by atoms with van der Waals surface area (Å²) in [6.45, 7) is 2.00. The standard InChI is InChI=1S/C29H22N7O2.Ni/c1-21-17-19-22(20-18-21)26(34-33-23-11-5-2-6-12-23)35-36-27-30-28(37-24-13-7-3-8-14-24)32-29(31-27)38-25-15-9-4-10-16-25;/h2-20H,1H3;/q-1;/b34-26-,36-35?;. The van der Waals surface area contributed by atoms with Crippen molar-refractivity contribution in [3.63, 3.8) is 0 Å². The van der Waals surface area contributed by atoms with Gasteiger partial charge in [-0.25, -0.2) is 0 Å². The predicted molar refractivity (Wildman–Crippen MR) is 145 cm³/mol. The van der Waals surface area contributed by atoms with Gasteiger partial charge in [0, 0.05) is 22.1 Å². The van der Waals surface area contributed by atoms with Gasteiger partial charge in [0.1, 0.15) is 11.5 Å². The van der Waals surface area contributed by atoms with Gasteiger partial charge in [-0.2, -0.15) is 9.97 Å². The number of aromatic nitrogens is 3. The van der Waals surface area contributed by atoms with Crippen molar-refractivity contribution in [2.45, 2.75) is 6.92 Å². The fourth-order valence-electron chi connectivity index (χ4n) is 3.18. The van der Waals surface area contributed by atoms with E-state index in [4.69, 9.17) is 9.47 Å². The molecular weight excluding hydrogens is 537 g/mol. The minimum absolute atomic E-state index is 0. The first-order valence-electron chi connectivity index (χ1n) is 11.8. The first-order valence-corrected chi connectivity index (χ1v) is 11.8. The maximum absolute atomic E-state index is 5.81. The van der Waals surface area contributed by atoms with E-state index in [1.165, 1.54) is 0 Å². The first kappa shape index (κ1) is 27.1. The molecule has 0 unspecified atom stereocenters. The molecule has 0 bridgehead atoms. The van der Waals surface area contributed by atoms with Crippen LogP contribution in [0.5, 0.6) is 23.5 Å². The summed E-state index contributed by atoms with van der Waals surface area (Å²) in [5.41, 5.74) is 6.82. The maximum atomic E-state index is 5.81. The molecule has 0 fully saturated rings. The van der Waals surface area contributed by atoms with Crippen LogP contribution in [0.25, 0.3) is 5.43 Å². The van der Waals surface area contributed by atoms with Gasteiger partial charge in [0.25, 0.3) is 5.95 Å². The Hall–Kier alpha value is -4.95. The number of para-hydroxylation sites is 2. The zero-order valence-corrected chi connectivity index (χ0v) is 21.7. The molecule has 39 heavy (non-hydrogen) atoms. The number of rotatable bonds is 8. The Bertz CT molecular complexity index is 1470. The number of azo groups is 1. The third-order valence-electron chi connectivity index (χ3n) is 5.05. The summed E-state index contributed by atoms with van der Waals surface area (Å²) in [6.07, 6.45) is 0. The van der Waals surface area contributed by atoms with Crippen LogP contribution in [0.15, 0.2) is 131 Å². The van der Waals surface area contributed by atoms with Crippen molar-refractivity contribution in [2.75, 3.05) is 0 Å². The Morgan fingerprint density at radius 3 is 1.69 bits per heavy atom. The van der Waals surface area contributed by atoms with Gasteiger partial charge in [0.2, 0.25) is 0 Å². The quantitative estimate of drug-likeness (QED) is 0.0631. The molecule has 0 saturated carbocycles. The van der Waals surface area contributed by atoms with E-state index in [-0.39, 0.29) is 40.3 Å². The van der Waals surface area contributed by atoms with Gasteiger partial charge >= 0.3 is 12.0 Å². The Morgan fingerprint density at radius 2 is 1.15 bits per heavy atom. The molecular formula is C29H22N7NiO2-. The van der Waals surface area contributed by atoms with Crippen molar-refractivity contribution >= 4 is 17.5 Å². The van der Waals surface area contributed by atoms with Gasteiger partial charge in [0.15, 0.2) is 5.84 Å². The van der Waals surface area contributed by atoms with E-state index in [1.54, 1.807) is 24.3 Å². The van der Waals surface area contributed by atoms with Crippen molar-refractivity contribution in [1.29, 1.82) is 0 Å². The van der Waals surface area contributed by atoms with E-state index in [0.717, 1.165) is 11.1 Å². The molecule has 196 valence electrons. The normalized spacial score (nSPS) is 11.1. The number of ether oxygens (including phenoxy) is 2. The van der Waals surface area contributed by atoms with Crippen LogP contribution in [-0.4, -0.2) is 20.8 Å². The molecule has 0 atom stereocenters. The van der Waals surface area contributed by atoms with Gasteiger partial charge in [-0.1, -0.05) is 96.6 Å². The Kier molecular flexibility index (Phi) is 9.42. The number of benzene rings is 4. The van der Waals surface area contributed by atoms with E-state index < -0.39 is 0 Å².